The summed E-state index contributed by atoms with van der Waals surface area (Å²) in [6.45, 7) is -0.137. The van der Waals surface area contributed by atoms with Crippen LogP contribution in [0.4, 0.5) is 5.69 Å². The van der Waals surface area contributed by atoms with Crippen molar-refractivity contribution in [3.05, 3.63) is 63.1 Å². The summed E-state index contributed by atoms with van der Waals surface area (Å²) < 4.78 is 3.20. The lowest BCUT2D eigenvalue weighted by Gasteiger charge is -2.11. The molecule has 1 N–H and O–H groups in total. The molecule has 1 amide bonds. The maximum absolute atomic E-state index is 12.7. The third-order valence-electron chi connectivity index (χ3n) is 4.07. The van der Waals surface area contributed by atoms with E-state index < -0.39 is 0 Å². The molecule has 7 nitrogen and oxygen atoms in total. The van der Waals surface area contributed by atoms with Gasteiger partial charge >= 0.3 is 0 Å². The van der Waals surface area contributed by atoms with Crippen LogP contribution in [0.1, 0.15) is 0 Å². The fraction of sp³-hybridized carbons (Fsp3) is 0.111. The van der Waals surface area contributed by atoms with Crippen molar-refractivity contribution in [3.63, 3.8) is 0 Å². The predicted molar refractivity (Wildman–Crippen MR) is 109 cm³/mol. The number of hydrogen-bond acceptors (Lipinski definition) is 5. The third-order valence-corrected chi connectivity index (χ3v) is 5.53. The molecule has 4 aromatic rings. The lowest BCUT2D eigenvalue weighted by molar-refractivity contribution is -0.116. The van der Waals surface area contributed by atoms with Crippen LogP contribution < -0.4 is 10.9 Å². The zero-order chi connectivity index (χ0) is 19.0. The van der Waals surface area contributed by atoms with E-state index in [-0.39, 0.29) is 18.0 Å². The van der Waals surface area contributed by atoms with Gasteiger partial charge in [-0.2, -0.15) is 5.10 Å². The number of anilines is 1. The number of carbonyl (C=O) groups excluding carboxylic acids is 1. The Bertz CT molecular complexity index is 1200. The molecule has 0 radical (unpaired) electrons. The van der Waals surface area contributed by atoms with Gasteiger partial charge < -0.3 is 5.32 Å². The lowest BCUT2D eigenvalue weighted by Crippen LogP contribution is -2.28. The Morgan fingerprint density at radius 1 is 1.26 bits per heavy atom. The molecule has 0 saturated carbocycles. The average molecular weight is 444 g/mol. The topological polar surface area (TPSA) is 81.8 Å². The molecule has 0 bridgehead atoms. The van der Waals surface area contributed by atoms with Gasteiger partial charge in [0.1, 0.15) is 22.9 Å². The summed E-state index contributed by atoms with van der Waals surface area (Å²) >= 11 is 4.87. The van der Waals surface area contributed by atoms with Crippen LogP contribution in [0.3, 0.4) is 0 Å². The van der Waals surface area contributed by atoms with Gasteiger partial charge in [0.05, 0.1) is 0 Å². The molecule has 27 heavy (non-hydrogen) atoms. The lowest BCUT2D eigenvalue weighted by atomic mass is 10.1. The standard InChI is InChI=1S/C18H14BrN5O2S/c1-23-17-15(16(19)22-23)18(26)24(10-20-17)9-14(25)21-12-6-3-2-5-11(12)13-7-4-8-27-13/h2-8,10H,9H2,1H3,(H,21,25). The summed E-state index contributed by atoms with van der Waals surface area (Å²) in [6, 6.07) is 11.5. The molecule has 9 heteroatoms. The van der Waals surface area contributed by atoms with Crippen molar-refractivity contribution in [3.8, 4) is 10.4 Å². The molecule has 136 valence electrons. The molecule has 1 aromatic carbocycles. The van der Waals surface area contributed by atoms with Crippen LogP contribution in [-0.4, -0.2) is 25.2 Å². The van der Waals surface area contributed by atoms with Crippen molar-refractivity contribution in [2.75, 3.05) is 5.32 Å². The van der Waals surface area contributed by atoms with Gasteiger partial charge in [-0.3, -0.25) is 14.2 Å². The van der Waals surface area contributed by atoms with Crippen LogP contribution in [0.2, 0.25) is 0 Å². The van der Waals surface area contributed by atoms with Crippen LogP contribution in [0.25, 0.3) is 21.5 Å². The van der Waals surface area contributed by atoms with E-state index in [9.17, 15) is 9.59 Å². The number of thiophene rings is 1. The molecular formula is C18H14BrN5O2S. The van der Waals surface area contributed by atoms with E-state index in [1.807, 2.05) is 41.8 Å². The maximum atomic E-state index is 12.7. The first-order valence-corrected chi connectivity index (χ1v) is 9.72. The minimum atomic E-state index is -0.318. The summed E-state index contributed by atoms with van der Waals surface area (Å²) in [6.07, 6.45) is 1.36. The van der Waals surface area contributed by atoms with Gasteiger partial charge in [0, 0.05) is 23.2 Å². The largest absolute Gasteiger partial charge is 0.324 e. The number of benzene rings is 1. The van der Waals surface area contributed by atoms with Crippen LogP contribution >= 0.6 is 27.3 Å². The first-order valence-electron chi connectivity index (χ1n) is 8.05. The summed E-state index contributed by atoms with van der Waals surface area (Å²) in [5.41, 5.74) is 1.79. The van der Waals surface area contributed by atoms with Crippen molar-refractivity contribution in [1.29, 1.82) is 0 Å². The second-order valence-corrected chi connectivity index (χ2v) is 7.56. The minimum absolute atomic E-state index is 0.137. The van der Waals surface area contributed by atoms with Crippen molar-refractivity contribution >= 4 is 49.9 Å². The highest BCUT2D eigenvalue weighted by molar-refractivity contribution is 9.10. The first kappa shape index (κ1) is 17.6. The summed E-state index contributed by atoms with van der Waals surface area (Å²) in [7, 11) is 1.71. The highest BCUT2D eigenvalue weighted by atomic mass is 79.9. The van der Waals surface area contributed by atoms with E-state index in [0.717, 1.165) is 10.4 Å². The SMILES string of the molecule is Cn1nc(Br)c2c(=O)n(CC(=O)Nc3ccccc3-c3cccs3)cnc21. The van der Waals surface area contributed by atoms with Gasteiger partial charge in [0.15, 0.2) is 5.65 Å². The van der Waals surface area contributed by atoms with Crippen LogP contribution in [0.15, 0.2) is 57.5 Å². The maximum Gasteiger partial charge on any atom is 0.266 e. The molecule has 0 spiro atoms. The Labute approximate surface area is 166 Å². The van der Waals surface area contributed by atoms with Gasteiger partial charge in [-0.15, -0.1) is 11.3 Å². The number of nitrogens with one attached hydrogen (secondary N) is 1. The predicted octanol–water partition coefficient (Wildman–Crippen LogP) is 3.26. The third kappa shape index (κ3) is 3.31. The monoisotopic (exact) mass is 443 g/mol. The van der Waals surface area contributed by atoms with Crippen LogP contribution in [-0.2, 0) is 18.4 Å². The van der Waals surface area contributed by atoms with Crippen molar-refractivity contribution in [1.82, 2.24) is 19.3 Å². The Morgan fingerprint density at radius 2 is 2.07 bits per heavy atom. The Hall–Kier alpha value is -2.78. The van der Waals surface area contributed by atoms with Crippen molar-refractivity contribution in [2.45, 2.75) is 6.54 Å². The number of nitrogens with zero attached hydrogens (tertiary/aromatic N) is 4. The second-order valence-electron chi connectivity index (χ2n) is 5.86. The number of halogens is 1. The van der Waals surface area contributed by atoms with E-state index >= 15 is 0 Å². The normalized spacial score (nSPS) is 11.0. The number of fused-ring (bicyclic) bond motifs is 1. The Balaban J connectivity index is 1.61. The number of carbonyl (C=O) groups is 1. The van der Waals surface area contributed by atoms with E-state index in [2.05, 4.69) is 31.3 Å². The van der Waals surface area contributed by atoms with Gasteiger partial charge in [0.2, 0.25) is 5.91 Å². The molecule has 0 aliphatic carbocycles. The van der Waals surface area contributed by atoms with E-state index in [4.69, 9.17) is 0 Å². The molecule has 4 rings (SSSR count). The Kier molecular flexibility index (Phi) is 4.63. The number of aromatic nitrogens is 4. The van der Waals surface area contributed by atoms with Gasteiger partial charge in [-0.25, -0.2) is 9.67 Å². The first-order chi connectivity index (χ1) is 13.0. The number of para-hydroxylation sites is 1. The zero-order valence-corrected chi connectivity index (χ0v) is 16.6. The van der Waals surface area contributed by atoms with Gasteiger partial charge in [-0.1, -0.05) is 24.3 Å². The average Bonchev–Trinajstić information content (AvgIpc) is 3.26. The zero-order valence-electron chi connectivity index (χ0n) is 14.2. The summed E-state index contributed by atoms with van der Waals surface area (Å²) in [5, 5.41) is 9.37. The number of hydrogen-bond donors (Lipinski definition) is 1. The second kappa shape index (κ2) is 7.09. The molecule has 3 aromatic heterocycles. The number of aryl methyl sites for hydroxylation is 1. The van der Waals surface area contributed by atoms with Crippen molar-refractivity contribution in [2.24, 2.45) is 7.05 Å². The quantitative estimate of drug-likeness (QED) is 0.524. The van der Waals surface area contributed by atoms with E-state index in [0.29, 0.717) is 21.3 Å². The number of amides is 1. The van der Waals surface area contributed by atoms with E-state index in [1.165, 1.54) is 15.6 Å². The highest BCUT2D eigenvalue weighted by Crippen LogP contribution is 2.31. The van der Waals surface area contributed by atoms with Gasteiger partial charge in [-0.05, 0) is 33.4 Å². The molecule has 3 heterocycles. The fourth-order valence-electron chi connectivity index (χ4n) is 2.83. The number of rotatable bonds is 4. The van der Waals surface area contributed by atoms with Crippen molar-refractivity contribution < 1.29 is 4.79 Å². The fourth-order valence-corrected chi connectivity index (χ4v) is 4.18. The smallest absolute Gasteiger partial charge is 0.266 e. The molecule has 0 aliphatic heterocycles. The van der Waals surface area contributed by atoms with E-state index in [1.54, 1.807) is 18.4 Å². The Morgan fingerprint density at radius 3 is 2.85 bits per heavy atom. The summed E-state index contributed by atoms with van der Waals surface area (Å²) in [4.78, 5) is 30.5. The van der Waals surface area contributed by atoms with Crippen LogP contribution in [0, 0.1) is 0 Å². The molecule has 0 aliphatic rings. The highest BCUT2D eigenvalue weighted by Gasteiger charge is 2.15. The minimum Gasteiger partial charge on any atom is -0.324 e. The van der Waals surface area contributed by atoms with Crippen LogP contribution in [0.5, 0.6) is 0 Å². The molecule has 0 saturated heterocycles. The molecule has 0 fully saturated rings. The van der Waals surface area contributed by atoms with Gasteiger partial charge in [0.25, 0.3) is 5.56 Å². The molecule has 0 atom stereocenters. The molecule has 0 unspecified atom stereocenters. The summed E-state index contributed by atoms with van der Waals surface area (Å²) in [5.74, 6) is -0.303. The molecular weight excluding hydrogens is 430 g/mol.